The van der Waals surface area contributed by atoms with Crippen molar-refractivity contribution in [1.29, 1.82) is 5.26 Å². The highest BCUT2D eigenvalue weighted by atomic mass is 16.2. The van der Waals surface area contributed by atoms with Crippen LogP contribution in [0.3, 0.4) is 0 Å². The van der Waals surface area contributed by atoms with Crippen LogP contribution >= 0.6 is 0 Å². The Balaban J connectivity index is 2.14. The Morgan fingerprint density at radius 3 is 2.70 bits per heavy atom. The Bertz CT molecular complexity index is 684. The number of hydrogen-bond donors (Lipinski definition) is 1. The maximum atomic E-state index is 12.2. The highest BCUT2D eigenvalue weighted by molar-refractivity contribution is 5.92. The van der Waals surface area contributed by atoms with Gasteiger partial charge in [0.25, 0.3) is 5.91 Å². The van der Waals surface area contributed by atoms with E-state index in [4.69, 9.17) is 5.26 Å². The Hall–Kier alpha value is -2.75. The molecule has 0 unspecified atom stereocenters. The summed E-state index contributed by atoms with van der Waals surface area (Å²) in [6.45, 7) is 3.79. The van der Waals surface area contributed by atoms with E-state index in [1.165, 1.54) is 4.90 Å². The van der Waals surface area contributed by atoms with Crippen molar-refractivity contribution >= 4 is 5.91 Å². The molecule has 0 aliphatic rings. The Morgan fingerprint density at radius 1 is 1.40 bits per heavy atom. The third-order valence-corrected chi connectivity index (χ3v) is 2.79. The van der Waals surface area contributed by atoms with Crippen molar-refractivity contribution in [3.8, 4) is 6.07 Å². The molecular weight excluding hydrogens is 256 g/mol. The van der Waals surface area contributed by atoms with Crippen molar-refractivity contribution in [2.45, 2.75) is 20.4 Å². The van der Waals surface area contributed by atoms with E-state index in [1.807, 2.05) is 6.07 Å². The number of aromatic nitrogens is 4. The summed E-state index contributed by atoms with van der Waals surface area (Å²) in [7, 11) is 1.66. The molecule has 7 heteroatoms. The van der Waals surface area contributed by atoms with Crippen molar-refractivity contribution in [3.05, 3.63) is 40.7 Å². The average molecular weight is 270 g/mol. The lowest BCUT2D eigenvalue weighted by Gasteiger charge is -2.14. The second-order valence-electron chi connectivity index (χ2n) is 4.44. The number of aryl methyl sites for hydroxylation is 2. The quantitative estimate of drug-likeness (QED) is 0.895. The number of nitrogens with zero attached hydrogens (tertiary/aromatic N) is 5. The van der Waals surface area contributed by atoms with Gasteiger partial charge in [0.15, 0.2) is 5.82 Å². The first-order chi connectivity index (χ1) is 9.51. The van der Waals surface area contributed by atoms with Gasteiger partial charge in [-0.15, -0.1) is 0 Å². The maximum absolute atomic E-state index is 12.2. The molecule has 2 heterocycles. The van der Waals surface area contributed by atoms with E-state index < -0.39 is 0 Å². The zero-order valence-electron chi connectivity index (χ0n) is 11.5. The summed E-state index contributed by atoms with van der Waals surface area (Å²) in [5, 5.41) is 15.6. The Morgan fingerprint density at radius 2 is 2.15 bits per heavy atom. The Kier molecular flexibility index (Phi) is 3.75. The first kappa shape index (κ1) is 13.7. The monoisotopic (exact) mass is 270 g/mol. The van der Waals surface area contributed by atoms with Crippen LogP contribution in [0.4, 0.5) is 0 Å². The average Bonchev–Trinajstić information content (AvgIpc) is 2.83. The molecule has 102 valence electrons. The number of amides is 1. The van der Waals surface area contributed by atoms with Gasteiger partial charge >= 0.3 is 0 Å². The van der Waals surface area contributed by atoms with Crippen LogP contribution < -0.4 is 0 Å². The van der Waals surface area contributed by atoms with Crippen LogP contribution in [0.2, 0.25) is 0 Å². The predicted octanol–water partition coefficient (Wildman–Crippen LogP) is 0.960. The maximum Gasteiger partial charge on any atom is 0.272 e. The minimum atomic E-state index is -0.236. The lowest BCUT2D eigenvalue weighted by Crippen LogP contribution is -2.27. The summed E-state index contributed by atoms with van der Waals surface area (Å²) in [6.07, 6.45) is 0. The van der Waals surface area contributed by atoms with Crippen LogP contribution in [0, 0.1) is 25.2 Å². The molecule has 1 amide bonds. The fourth-order valence-corrected chi connectivity index (χ4v) is 1.74. The van der Waals surface area contributed by atoms with Gasteiger partial charge in [0.2, 0.25) is 0 Å². The van der Waals surface area contributed by atoms with Gasteiger partial charge < -0.3 is 4.90 Å². The highest BCUT2D eigenvalue weighted by Gasteiger charge is 2.16. The van der Waals surface area contributed by atoms with E-state index in [0.29, 0.717) is 35.1 Å². The van der Waals surface area contributed by atoms with Crippen LogP contribution in [0.15, 0.2) is 12.1 Å². The number of pyridine rings is 1. The van der Waals surface area contributed by atoms with E-state index in [2.05, 4.69) is 20.2 Å². The van der Waals surface area contributed by atoms with Gasteiger partial charge in [-0.25, -0.2) is 9.97 Å². The smallest absolute Gasteiger partial charge is 0.272 e. The zero-order chi connectivity index (χ0) is 14.7. The molecule has 0 saturated heterocycles. The SMILES string of the molecule is Cc1nc(CN(C)C(=O)c2ccc(C#N)c(C)n2)n[nH]1. The fourth-order valence-electron chi connectivity index (χ4n) is 1.74. The summed E-state index contributed by atoms with van der Waals surface area (Å²) in [5.41, 5.74) is 1.31. The van der Waals surface area contributed by atoms with Crippen LogP contribution in [0.1, 0.15) is 33.4 Å². The molecule has 0 fully saturated rings. The van der Waals surface area contributed by atoms with Gasteiger partial charge in [-0.2, -0.15) is 10.4 Å². The predicted molar refractivity (Wildman–Crippen MR) is 70.6 cm³/mol. The number of hydrogen-bond acceptors (Lipinski definition) is 5. The van der Waals surface area contributed by atoms with Gasteiger partial charge in [-0.1, -0.05) is 0 Å². The summed E-state index contributed by atoms with van der Waals surface area (Å²) >= 11 is 0. The van der Waals surface area contributed by atoms with Crippen molar-refractivity contribution < 1.29 is 4.79 Å². The van der Waals surface area contributed by atoms with Crippen molar-refractivity contribution in [3.63, 3.8) is 0 Å². The first-order valence-electron chi connectivity index (χ1n) is 6.02. The number of aromatic amines is 1. The summed E-state index contributed by atoms with van der Waals surface area (Å²) in [4.78, 5) is 22.0. The number of nitrogens with one attached hydrogen (secondary N) is 1. The van der Waals surface area contributed by atoms with Crippen molar-refractivity contribution in [2.24, 2.45) is 0 Å². The van der Waals surface area contributed by atoms with Crippen LogP contribution in [-0.4, -0.2) is 38.0 Å². The largest absolute Gasteiger partial charge is 0.333 e. The molecule has 7 nitrogen and oxygen atoms in total. The molecule has 2 aromatic heterocycles. The molecule has 0 spiro atoms. The van der Waals surface area contributed by atoms with Crippen molar-refractivity contribution in [1.82, 2.24) is 25.1 Å². The second kappa shape index (κ2) is 5.48. The molecule has 2 rings (SSSR count). The van der Waals surface area contributed by atoms with Crippen LogP contribution in [-0.2, 0) is 6.54 Å². The molecule has 0 aromatic carbocycles. The normalized spacial score (nSPS) is 10.1. The van der Waals surface area contributed by atoms with Crippen LogP contribution in [0.25, 0.3) is 0 Å². The molecule has 2 aromatic rings. The molecule has 0 bridgehead atoms. The topological polar surface area (TPSA) is 98.6 Å². The van der Waals surface area contributed by atoms with Gasteiger partial charge in [-0.05, 0) is 26.0 Å². The Labute approximate surface area is 116 Å². The second-order valence-corrected chi connectivity index (χ2v) is 4.44. The summed E-state index contributed by atoms with van der Waals surface area (Å²) in [6, 6.07) is 5.17. The molecule has 0 aliphatic heterocycles. The number of H-pyrrole nitrogens is 1. The van der Waals surface area contributed by atoms with E-state index in [0.717, 1.165) is 0 Å². The summed E-state index contributed by atoms with van der Waals surface area (Å²) < 4.78 is 0. The molecule has 0 radical (unpaired) electrons. The third-order valence-electron chi connectivity index (χ3n) is 2.79. The number of carbonyl (C=O) groups excluding carboxylic acids is 1. The van der Waals surface area contributed by atoms with Gasteiger partial charge in [0.1, 0.15) is 17.6 Å². The number of nitriles is 1. The van der Waals surface area contributed by atoms with Crippen LogP contribution in [0.5, 0.6) is 0 Å². The lowest BCUT2D eigenvalue weighted by molar-refractivity contribution is 0.0775. The fraction of sp³-hybridized carbons (Fsp3) is 0.308. The lowest BCUT2D eigenvalue weighted by atomic mass is 10.2. The highest BCUT2D eigenvalue weighted by Crippen LogP contribution is 2.08. The van der Waals surface area contributed by atoms with Gasteiger partial charge in [-0.3, -0.25) is 9.89 Å². The number of rotatable bonds is 3. The molecule has 1 N–H and O–H groups in total. The van der Waals surface area contributed by atoms with E-state index >= 15 is 0 Å². The standard InChI is InChI=1S/C13H14N6O/c1-8-10(6-14)4-5-11(15-8)13(20)19(3)7-12-16-9(2)17-18-12/h4-5H,7H2,1-3H3,(H,16,17,18). The first-order valence-corrected chi connectivity index (χ1v) is 6.02. The van der Waals surface area contributed by atoms with Crippen molar-refractivity contribution in [2.75, 3.05) is 7.05 Å². The van der Waals surface area contributed by atoms with E-state index in [-0.39, 0.29) is 5.91 Å². The molecule has 0 atom stereocenters. The third kappa shape index (κ3) is 2.80. The molecular formula is C13H14N6O. The zero-order valence-corrected chi connectivity index (χ0v) is 11.5. The molecule has 0 aliphatic carbocycles. The summed E-state index contributed by atoms with van der Waals surface area (Å²) in [5.74, 6) is 1.01. The van der Waals surface area contributed by atoms with E-state index in [9.17, 15) is 4.79 Å². The minimum Gasteiger partial charge on any atom is -0.333 e. The minimum absolute atomic E-state index is 0.236. The molecule has 20 heavy (non-hydrogen) atoms. The van der Waals surface area contributed by atoms with E-state index in [1.54, 1.807) is 33.0 Å². The number of carbonyl (C=O) groups is 1. The molecule has 0 saturated carbocycles. The van der Waals surface area contributed by atoms with Gasteiger partial charge in [0, 0.05) is 7.05 Å². The van der Waals surface area contributed by atoms with Gasteiger partial charge in [0.05, 0.1) is 17.8 Å².